The lowest BCUT2D eigenvalue weighted by atomic mass is 9.99. The van der Waals surface area contributed by atoms with Gasteiger partial charge in [0, 0.05) is 26.1 Å². The Labute approximate surface area is 191 Å². The number of esters is 1. The molecule has 1 saturated heterocycles. The van der Waals surface area contributed by atoms with Crippen LogP contribution in [0.25, 0.3) is 0 Å². The van der Waals surface area contributed by atoms with Crippen LogP contribution in [0.4, 0.5) is 0 Å². The number of carbonyl (C=O) groups is 3. The average Bonchev–Trinajstić information content (AvgIpc) is 3.25. The first-order valence-corrected chi connectivity index (χ1v) is 11.4. The van der Waals surface area contributed by atoms with Gasteiger partial charge in [0.1, 0.15) is 0 Å². The van der Waals surface area contributed by atoms with Crippen molar-refractivity contribution >= 4 is 17.8 Å². The second-order valence-electron chi connectivity index (χ2n) is 8.51. The Balaban J connectivity index is 1.86. The van der Waals surface area contributed by atoms with Gasteiger partial charge < -0.3 is 20.3 Å². The summed E-state index contributed by atoms with van der Waals surface area (Å²) in [5, 5.41) is 6.31. The first kappa shape index (κ1) is 25.6. The maximum absolute atomic E-state index is 12.6. The van der Waals surface area contributed by atoms with Gasteiger partial charge in [-0.15, -0.1) is 6.58 Å². The minimum Gasteiger partial charge on any atom is -0.469 e. The zero-order chi connectivity index (χ0) is 23.4. The molecule has 0 radical (unpaired) electrons. The van der Waals surface area contributed by atoms with Crippen LogP contribution in [0, 0.1) is 0 Å². The third-order valence-corrected chi connectivity index (χ3v) is 5.93. The SMILES string of the molecule is C=CCCCN(Cc1ccc(CCNC(=O)[C@]2(C)CCCN2)cc1)C(=O)CCC(=O)OC. The number of rotatable bonds is 13. The highest BCUT2D eigenvalue weighted by atomic mass is 16.5. The number of nitrogens with zero attached hydrogens (tertiary/aromatic N) is 1. The van der Waals surface area contributed by atoms with Crippen molar-refractivity contribution in [3.05, 3.63) is 48.0 Å². The maximum Gasteiger partial charge on any atom is 0.306 e. The van der Waals surface area contributed by atoms with Crippen LogP contribution in [0.15, 0.2) is 36.9 Å². The summed E-state index contributed by atoms with van der Waals surface area (Å²) in [6.07, 6.45) is 6.39. The quantitative estimate of drug-likeness (QED) is 0.278. The lowest BCUT2D eigenvalue weighted by molar-refractivity contribution is -0.143. The number of benzene rings is 1. The van der Waals surface area contributed by atoms with Crippen LogP contribution < -0.4 is 10.6 Å². The summed E-state index contributed by atoms with van der Waals surface area (Å²) in [5.41, 5.74) is 1.72. The van der Waals surface area contributed by atoms with Crippen LogP contribution in [0.2, 0.25) is 0 Å². The molecule has 1 aromatic carbocycles. The fourth-order valence-corrected chi connectivity index (χ4v) is 3.82. The predicted octanol–water partition coefficient (Wildman–Crippen LogP) is 2.74. The highest BCUT2D eigenvalue weighted by Crippen LogP contribution is 2.18. The lowest BCUT2D eigenvalue weighted by Crippen LogP contribution is -2.51. The van der Waals surface area contributed by atoms with Crippen LogP contribution >= 0.6 is 0 Å². The van der Waals surface area contributed by atoms with Gasteiger partial charge in [-0.25, -0.2) is 0 Å². The van der Waals surface area contributed by atoms with Crippen molar-refractivity contribution in [3.63, 3.8) is 0 Å². The normalized spacial score (nSPS) is 17.6. The minimum atomic E-state index is -0.445. The molecule has 1 aliphatic rings. The Morgan fingerprint density at radius 1 is 1.22 bits per heavy atom. The number of unbranched alkanes of at least 4 members (excludes halogenated alkanes) is 1. The summed E-state index contributed by atoms with van der Waals surface area (Å²) < 4.78 is 4.64. The van der Waals surface area contributed by atoms with E-state index in [-0.39, 0.29) is 30.6 Å². The Hall–Kier alpha value is -2.67. The zero-order valence-electron chi connectivity index (χ0n) is 19.5. The van der Waals surface area contributed by atoms with Crippen molar-refractivity contribution in [2.75, 3.05) is 26.7 Å². The molecule has 0 spiro atoms. The van der Waals surface area contributed by atoms with Crippen molar-refractivity contribution in [3.8, 4) is 0 Å². The van der Waals surface area contributed by atoms with E-state index in [1.165, 1.54) is 7.11 Å². The van der Waals surface area contributed by atoms with Gasteiger partial charge in [0.2, 0.25) is 11.8 Å². The molecule has 0 aromatic heterocycles. The van der Waals surface area contributed by atoms with Gasteiger partial charge in [-0.1, -0.05) is 30.3 Å². The fraction of sp³-hybridized carbons (Fsp3) is 0.560. The second-order valence-corrected chi connectivity index (χ2v) is 8.51. The van der Waals surface area contributed by atoms with Gasteiger partial charge in [-0.3, -0.25) is 14.4 Å². The molecule has 0 aliphatic carbocycles. The van der Waals surface area contributed by atoms with Gasteiger partial charge in [0.25, 0.3) is 0 Å². The van der Waals surface area contributed by atoms with Crippen LogP contribution in [-0.2, 0) is 32.1 Å². The maximum atomic E-state index is 12.6. The summed E-state index contributed by atoms with van der Waals surface area (Å²) in [5.74, 6) is -0.369. The smallest absolute Gasteiger partial charge is 0.306 e. The van der Waals surface area contributed by atoms with E-state index in [1.54, 1.807) is 4.90 Å². The fourth-order valence-electron chi connectivity index (χ4n) is 3.82. The molecular weight excluding hydrogens is 406 g/mol. The number of nitrogens with one attached hydrogen (secondary N) is 2. The largest absolute Gasteiger partial charge is 0.469 e. The minimum absolute atomic E-state index is 0.0553. The van der Waals surface area contributed by atoms with Crippen molar-refractivity contribution in [1.82, 2.24) is 15.5 Å². The third-order valence-electron chi connectivity index (χ3n) is 5.93. The number of ether oxygens (including phenoxy) is 1. The molecule has 1 heterocycles. The first-order chi connectivity index (χ1) is 15.4. The Morgan fingerprint density at radius 3 is 2.56 bits per heavy atom. The molecule has 0 saturated carbocycles. The Morgan fingerprint density at radius 2 is 1.94 bits per heavy atom. The standard InChI is InChI=1S/C25H37N3O4/c1-4-5-6-18-28(22(29)12-13-23(30)32-3)19-21-10-8-20(9-11-21)14-17-26-24(31)25(2)15-7-16-27-25/h4,8-11,27H,1,5-7,12-19H2,2-3H3,(H,26,31)/t25-/m0/s1. The molecular formula is C25H37N3O4. The number of hydrogen-bond donors (Lipinski definition) is 2. The average molecular weight is 444 g/mol. The van der Waals surface area contributed by atoms with E-state index >= 15 is 0 Å². The molecule has 0 bridgehead atoms. The molecule has 1 aromatic rings. The molecule has 1 atom stereocenters. The predicted molar refractivity (Wildman–Crippen MR) is 125 cm³/mol. The Bertz CT molecular complexity index is 770. The molecule has 2 rings (SSSR count). The molecule has 0 unspecified atom stereocenters. The van der Waals surface area contributed by atoms with Crippen LogP contribution in [0.1, 0.15) is 56.6 Å². The van der Waals surface area contributed by atoms with E-state index in [2.05, 4.69) is 21.9 Å². The molecule has 1 aliphatic heterocycles. The monoisotopic (exact) mass is 443 g/mol. The van der Waals surface area contributed by atoms with Crippen molar-refractivity contribution in [2.24, 2.45) is 0 Å². The number of carbonyl (C=O) groups excluding carboxylic acids is 3. The molecule has 2 amide bonds. The highest BCUT2D eigenvalue weighted by Gasteiger charge is 2.35. The van der Waals surface area contributed by atoms with Crippen LogP contribution in [0.3, 0.4) is 0 Å². The lowest BCUT2D eigenvalue weighted by Gasteiger charge is -2.23. The zero-order valence-corrected chi connectivity index (χ0v) is 19.5. The summed E-state index contributed by atoms with van der Waals surface area (Å²) in [6, 6.07) is 8.12. The molecule has 1 fully saturated rings. The first-order valence-electron chi connectivity index (χ1n) is 11.4. The van der Waals surface area contributed by atoms with E-state index in [0.717, 1.165) is 49.8 Å². The van der Waals surface area contributed by atoms with Crippen molar-refractivity contribution < 1.29 is 19.1 Å². The van der Waals surface area contributed by atoms with E-state index < -0.39 is 5.54 Å². The number of amides is 2. The number of allylic oxidation sites excluding steroid dienone is 1. The van der Waals surface area contributed by atoms with E-state index in [9.17, 15) is 14.4 Å². The molecule has 176 valence electrons. The number of methoxy groups -OCH3 is 1. The Kier molecular flexibility index (Phi) is 10.4. The molecule has 7 nitrogen and oxygen atoms in total. The summed E-state index contributed by atoms with van der Waals surface area (Å²) in [6.45, 7) is 8.29. The van der Waals surface area contributed by atoms with Gasteiger partial charge in [-0.05, 0) is 56.7 Å². The third kappa shape index (κ3) is 8.11. The summed E-state index contributed by atoms with van der Waals surface area (Å²) >= 11 is 0. The van der Waals surface area contributed by atoms with Crippen molar-refractivity contribution in [2.45, 2.75) is 64.0 Å². The number of hydrogen-bond acceptors (Lipinski definition) is 5. The molecule has 2 N–H and O–H groups in total. The second kappa shape index (κ2) is 13.0. The van der Waals surface area contributed by atoms with E-state index in [4.69, 9.17) is 0 Å². The van der Waals surface area contributed by atoms with Crippen molar-refractivity contribution in [1.29, 1.82) is 0 Å². The highest BCUT2D eigenvalue weighted by molar-refractivity contribution is 5.86. The van der Waals surface area contributed by atoms with Crippen LogP contribution in [0.5, 0.6) is 0 Å². The van der Waals surface area contributed by atoms with Crippen LogP contribution in [-0.4, -0.2) is 55.0 Å². The van der Waals surface area contributed by atoms with Gasteiger partial charge >= 0.3 is 5.97 Å². The topological polar surface area (TPSA) is 87.7 Å². The van der Waals surface area contributed by atoms with E-state index in [1.807, 2.05) is 37.3 Å². The van der Waals surface area contributed by atoms with Gasteiger partial charge in [-0.2, -0.15) is 0 Å². The van der Waals surface area contributed by atoms with Gasteiger partial charge in [0.15, 0.2) is 0 Å². The summed E-state index contributed by atoms with van der Waals surface area (Å²) in [7, 11) is 1.33. The van der Waals surface area contributed by atoms with Gasteiger partial charge in [0.05, 0.1) is 19.1 Å². The summed E-state index contributed by atoms with van der Waals surface area (Å²) in [4.78, 5) is 38.2. The van der Waals surface area contributed by atoms with E-state index in [0.29, 0.717) is 19.6 Å². The molecule has 32 heavy (non-hydrogen) atoms. The molecule has 7 heteroatoms.